The number of phenolic OH excluding ortho intramolecular Hbond substituents is 1. The van der Waals surface area contributed by atoms with Gasteiger partial charge >= 0.3 is 0 Å². The Morgan fingerprint density at radius 2 is 1.64 bits per heavy atom. The number of aromatic hydroxyl groups is 1. The van der Waals surface area contributed by atoms with Crippen LogP contribution in [0.2, 0.25) is 0 Å². The van der Waals surface area contributed by atoms with Crippen LogP contribution in [0.1, 0.15) is 33.1 Å². The number of aromatic nitrogens is 2. The predicted octanol–water partition coefficient (Wildman–Crippen LogP) is 2.07. The smallest absolute Gasteiger partial charge is 0.257 e. The van der Waals surface area contributed by atoms with Crippen molar-refractivity contribution in [3.8, 4) is 5.75 Å². The molecule has 132 valence electrons. The number of hydrogen-bond donors (Lipinski definition) is 1. The van der Waals surface area contributed by atoms with Crippen LogP contribution in [0.25, 0.3) is 0 Å². The van der Waals surface area contributed by atoms with E-state index in [1.165, 1.54) is 0 Å². The monoisotopic (exact) mass is 340 g/mol. The Kier molecular flexibility index (Phi) is 4.99. The summed E-state index contributed by atoms with van der Waals surface area (Å²) in [6.07, 6.45) is 0. The number of amides is 1. The van der Waals surface area contributed by atoms with E-state index in [-0.39, 0.29) is 11.7 Å². The Morgan fingerprint density at radius 1 is 1.00 bits per heavy atom. The number of nitrogens with zero attached hydrogens (tertiary/aromatic N) is 4. The van der Waals surface area contributed by atoms with Crippen molar-refractivity contribution < 1.29 is 9.90 Å². The second-order valence-corrected chi connectivity index (χ2v) is 6.51. The quantitative estimate of drug-likeness (QED) is 0.926. The summed E-state index contributed by atoms with van der Waals surface area (Å²) in [5, 5.41) is 9.86. The van der Waals surface area contributed by atoms with Crippen molar-refractivity contribution in [2.75, 3.05) is 26.2 Å². The number of carbonyl (C=O) groups excluding carboxylic acids is 1. The second kappa shape index (κ2) is 7.19. The zero-order valence-corrected chi connectivity index (χ0v) is 15.0. The van der Waals surface area contributed by atoms with Gasteiger partial charge in [-0.3, -0.25) is 19.7 Å². The van der Waals surface area contributed by atoms with Crippen molar-refractivity contribution in [2.45, 2.75) is 27.3 Å². The van der Waals surface area contributed by atoms with Crippen molar-refractivity contribution in [2.24, 2.45) is 0 Å². The predicted molar refractivity (Wildman–Crippen MR) is 95.5 cm³/mol. The van der Waals surface area contributed by atoms with E-state index < -0.39 is 0 Å². The van der Waals surface area contributed by atoms with Crippen LogP contribution in [-0.2, 0) is 6.54 Å². The molecule has 1 N–H and O–H groups in total. The van der Waals surface area contributed by atoms with Crippen LogP contribution in [0.3, 0.4) is 0 Å². The fraction of sp³-hybridized carbons (Fsp3) is 0.421. The largest absolute Gasteiger partial charge is 0.507 e. The molecule has 0 saturated carbocycles. The van der Waals surface area contributed by atoms with Gasteiger partial charge in [0.1, 0.15) is 5.75 Å². The first-order chi connectivity index (χ1) is 12.0. The summed E-state index contributed by atoms with van der Waals surface area (Å²) in [6, 6.07) is 6.70. The highest BCUT2D eigenvalue weighted by molar-refractivity contribution is 5.96. The zero-order chi connectivity index (χ0) is 18.0. The van der Waals surface area contributed by atoms with Gasteiger partial charge in [-0.2, -0.15) is 0 Å². The second-order valence-electron chi connectivity index (χ2n) is 6.51. The molecule has 1 aromatic carbocycles. The van der Waals surface area contributed by atoms with Crippen LogP contribution >= 0.6 is 0 Å². The Morgan fingerprint density at radius 3 is 2.32 bits per heavy atom. The van der Waals surface area contributed by atoms with E-state index in [2.05, 4.69) is 14.9 Å². The number of rotatable bonds is 3. The molecule has 3 rings (SSSR count). The summed E-state index contributed by atoms with van der Waals surface area (Å²) in [5.74, 6) is -0.0733. The van der Waals surface area contributed by atoms with Crippen LogP contribution in [0.5, 0.6) is 5.75 Å². The zero-order valence-electron chi connectivity index (χ0n) is 15.0. The molecule has 1 aliphatic rings. The lowest BCUT2D eigenvalue weighted by Crippen LogP contribution is -2.48. The van der Waals surface area contributed by atoms with Gasteiger partial charge in [0.05, 0.1) is 28.3 Å². The van der Waals surface area contributed by atoms with E-state index in [1.807, 2.05) is 20.8 Å². The van der Waals surface area contributed by atoms with Gasteiger partial charge in [-0.15, -0.1) is 0 Å². The van der Waals surface area contributed by atoms with E-state index in [0.29, 0.717) is 18.7 Å². The molecular formula is C19H24N4O2. The minimum Gasteiger partial charge on any atom is -0.507 e. The van der Waals surface area contributed by atoms with E-state index in [1.54, 1.807) is 29.2 Å². The molecule has 0 bridgehead atoms. The Balaban J connectivity index is 1.62. The lowest BCUT2D eigenvalue weighted by molar-refractivity contribution is 0.0623. The van der Waals surface area contributed by atoms with Gasteiger partial charge in [-0.05, 0) is 32.9 Å². The Labute approximate surface area is 148 Å². The van der Waals surface area contributed by atoms with Crippen LogP contribution in [0, 0.1) is 20.8 Å². The van der Waals surface area contributed by atoms with Crippen LogP contribution in [0.15, 0.2) is 24.3 Å². The average molecular weight is 340 g/mol. The van der Waals surface area contributed by atoms with Crippen LogP contribution < -0.4 is 0 Å². The van der Waals surface area contributed by atoms with Crippen molar-refractivity contribution in [3.63, 3.8) is 0 Å². The maximum absolute atomic E-state index is 12.5. The number of benzene rings is 1. The van der Waals surface area contributed by atoms with Crippen molar-refractivity contribution in [1.29, 1.82) is 0 Å². The first-order valence-electron chi connectivity index (χ1n) is 8.56. The molecule has 0 spiro atoms. The minimum atomic E-state index is -0.111. The van der Waals surface area contributed by atoms with E-state index >= 15 is 0 Å². The van der Waals surface area contributed by atoms with Crippen molar-refractivity contribution >= 4 is 5.91 Å². The molecule has 0 aliphatic carbocycles. The SMILES string of the molecule is Cc1nc(C)c(CN2CCN(C(=O)c3ccccc3O)CC2)nc1C. The average Bonchev–Trinajstić information content (AvgIpc) is 2.60. The molecule has 2 aromatic rings. The summed E-state index contributed by atoms with van der Waals surface area (Å²) < 4.78 is 0. The lowest BCUT2D eigenvalue weighted by atomic mass is 10.1. The summed E-state index contributed by atoms with van der Waals surface area (Å²) in [6.45, 7) is 9.55. The molecule has 0 radical (unpaired) electrons. The summed E-state index contributed by atoms with van der Waals surface area (Å²) in [4.78, 5) is 25.8. The standard InChI is InChI=1S/C19H24N4O2/c1-13-14(2)21-17(15(3)20-13)12-22-8-10-23(11-9-22)19(25)16-6-4-5-7-18(16)24/h4-7,24H,8-12H2,1-3H3. The number of aryl methyl sites for hydroxylation is 3. The Bertz CT molecular complexity index is 783. The number of carbonyl (C=O) groups is 1. The third-order valence-corrected chi connectivity index (χ3v) is 4.75. The normalized spacial score (nSPS) is 15.4. The molecule has 0 atom stereocenters. The molecule has 25 heavy (non-hydrogen) atoms. The molecule has 1 fully saturated rings. The fourth-order valence-corrected chi connectivity index (χ4v) is 3.06. The highest BCUT2D eigenvalue weighted by atomic mass is 16.3. The van der Waals surface area contributed by atoms with Gasteiger partial charge < -0.3 is 10.0 Å². The topological polar surface area (TPSA) is 69.6 Å². The molecule has 6 heteroatoms. The number of phenols is 1. The molecule has 6 nitrogen and oxygen atoms in total. The molecule has 0 unspecified atom stereocenters. The van der Waals surface area contributed by atoms with Gasteiger partial charge in [-0.1, -0.05) is 12.1 Å². The van der Waals surface area contributed by atoms with Gasteiger partial charge in [0.15, 0.2) is 0 Å². The van der Waals surface area contributed by atoms with Crippen LogP contribution in [-0.4, -0.2) is 57.0 Å². The molecule has 1 aromatic heterocycles. The van der Waals surface area contributed by atoms with E-state index in [4.69, 9.17) is 0 Å². The van der Waals surface area contributed by atoms with Crippen molar-refractivity contribution in [1.82, 2.24) is 19.8 Å². The van der Waals surface area contributed by atoms with Gasteiger partial charge in [0.25, 0.3) is 5.91 Å². The van der Waals surface area contributed by atoms with Gasteiger partial charge in [0, 0.05) is 32.7 Å². The third-order valence-electron chi connectivity index (χ3n) is 4.75. The summed E-state index contributed by atoms with van der Waals surface area (Å²) in [5.41, 5.74) is 4.28. The highest BCUT2D eigenvalue weighted by Gasteiger charge is 2.24. The first-order valence-corrected chi connectivity index (χ1v) is 8.56. The molecular weight excluding hydrogens is 316 g/mol. The highest BCUT2D eigenvalue weighted by Crippen LogP contribution is 2.19. The summed E-state index contributed by atoms with van der Waals surface area (Å²) in [7, 11) is 0. The van der Waals surface area contributed by atoms with Crippen LogP contribution in [0.4, 0.5) is 0 Å². The maximum atomic E-state index is 12.5. The first kappa shape index (κ1) is 17.4. The molecule has 2 heterocycles. The maximum Gasteiger partial charge on any atom is 0.257 e. The van der Waals surface area contributed by atoms with Gasteiger partial charge in [-0.25, -0.2) is 0 Å². The lowest BCUT2D eigenvalue weighted by Gasteiger charge is -2.34. The molecule has 1 aliphatic heterocycles. The van der Waals surface area contributed by atoms with E-state index in [9.17, 15) is 9.90 Å². The summed E-state index contributed by atoms with van der Waals surface area (Å²) >= 11 is 0. The number of piperazine rings is 1. The number of hydrogen-bond acceptors (Lipinski definition) is 5. The minimum absolute atomic E-state index is 0.0379. The third kappa shape index (κ3) is 3.79. The van der Waals surface area contributed by atoms with E-state index in [0.717, 1.165) is 42.4 Å². The molecule has 1 amide bonds. The fourth-order valence-electron chi connectivity index (χ4n) is 3.06. The number of para-hydroxylation sites is 1. The Hall–Kier alpha value is -2.47. The molecule has 1 saturated heterocycles. The van der Waals surface area contributed by atoms with Gasteiger partial charge in [0.2, 0.25) is 0 Å². The van der Waals surface area contributed by atoms with Crippen molar-refractivity contribution in [3.05, 3.63) is 52.6 Å².